The van der Waals surface area contributed by atoms with Gasteiger partial charge in [0.1, 0.15) is 0 Å². The summed E-state index contributed by atoms with van der Waals surface area (Å²) in [5.41, 5.74) is -0.0713. The zero-order valence-electron chi connectivity index (χ0n) is 8.69. The van der Waals surface area contributed by atoms with Crippen LogP contribution in [0.25, 0.3) is 0 Å². The minimum Gasteiger partial charge on any atom is -0.478 e. The predicted octanol–water partition coefficient (Wildman–Crippen LogP) is 0.897. The molecule has 0 aromatic heterocycles. The first-order valence-corrected chi connectivity index (χ1v) is 4.74. The second-order valence-electron chi connectivity index (χ2n) is 3.82. The number of hydrogen-bond donors (Lipinski definition) is 2. The third-order valence-corrected chi connectivity index (χ3v) is 2.23. The summed E-state index contributed by atoms with van der Waals surface area (Å²) < 4.78 is 4.91. The van der Waals surface area contributed by atoms with E-state index in [2.05, 4.69) is 0 Å². The minimum absolute atomic E-state index is 0.0296. The number of ether oxygens (including phenoxy) is 1. The van der Waals surface area contributed by atoms with Gasteiger partial charge >= 0.3 is 11.9 Å². The molecule has 5 heteroatoms. The van der Waals surface area contributed by atoms with E-state index < -0.39 is 11.9 Å². The molecule has 1 aliphatic rings. The van der Waals surface area contributed by atoms with E-state index >= 15 is 0 Å². The van der Waals surface area contributed by atoms with Crippen molar-refractivity contribution < 1.29 is 24.5 Å². The molecule has 0 aromatic rings. The lowest BCUT2D eigenvalue weighted by Crippen LogP contribution is -2.17. The largest absolute Gasteiger partial charge is 0.478 e. The van der Waals surface area contributed by atoms with Crippen molar-refractivity contribution in [2.75, 3.05) is 6.61 Å². The summed E-state index contributed by atoms with van der Waals surface area (Å²) in [5, 5.41) is 17.9. The number of hydrogen-bond acceptors (Lipinski definition) is 3. The summed E-state index contributed by atoms with van der Waals surface area (Å²) in [6.45, 7) is 3.85. The molecule has 1 fully saturated rings. The van der Waals surface area contributed by atoms with Crippen LogP contribution in [0.15, 0.2) is 11.1 Å². The van der Waals surface area contributed by atoms with Gasteiger partial charge in [0.25, 0.3) is 0 Å². The Morgan fingerprint density at radius 1 is 1.33 bits per heavy atom. The van der Waals surface area contributed by atoms with E-state index in [4.69, 9.17) is 14.9 Å². The van der Waals surface area contributed by atoms with E-state index in [0.717, 1.165) is 0 Å². The van der Waals surface area contributed by atoms with Gasteiger partial charge in [-0.05, 0) is 5.92 Å². The Balaban J connectivity index is 3.01. The predicted molar refractivity (Wildman–Crippen MR) is 51.5 cm³/mol. The topological polar surface area (TPSA) is 87.1 Å². The Bertz CT molecular complexity index is 312. The van der Waals surface area contributed by atoms with Crippen LogP contribution < -0.4 is 0 Å². The summed E-state index contributed by atoms with van der Waals surface area (Å²) in [6.07, 6.45) is 0.0546. The lowest BCUT2D eigenvalue weighted by molar-refractivity contribution is -0.136. The summed E-state index contributed by atoms with van der Waals surface area (Å²) >= 11 is 0. The molecule has 5 nitrogen and oxygen atoms in total. The van der Waals surface area contributed by atoms with Crippen molar-refractivity contribution in [2.24, 2.45) is 5.92 Å². The highest BCUT2D eigenvalue weighted by Crippen LogP contribution is 2.25. The van der Waals surface area contributed by atoms with Gasteiger partial charge in [-0.2, -0.15) is 0 Å². The van der Waals surface area contributed by atoms with Gasteiger partial charge in [0, 0.05) is 6.42 Å². The number of aliphatic carboxylic acids is 2. The molecule has 0 aromatic carbocycles. The molecule has 0 saturated carbocycles. The zero-order valence-corrected chi connectivity index (χ0v) is 8.69. The van der Waals surface area contributed by atoms with Crippen LogP contribution in [-0.4, -0.2) is 34.9 Å². The average molecular weight is 214 g/mol. The molecule has 1 aliphatic heterocycles. The third kappa shape index (κ3) is 3.06. The minimum atomic E-state index is -1.17. The molecule has 0 bridgehead atoms. The molecule has 1 heterocycles. The first-order chi connectivity index (χ1) is 6.93. The quantitative estimate of drug-likeness (QED) is 0.524. The summed E-state index contributed by atoms with van der Waals surface area (Å²) in [5.74, 6) is -2.65. The second-order valence-corrected chi connectivity index (χ2v) is 3.82. The normalized spacial score (nSPS) is 21.1. The van der Waals surface area contributed by atoms with Crippen LogP contribution in [0.1, 0.15) is 20.3 Å². The third-order valence-electron chi connectivity index (χ3n) is 2.23. The lowest BCUT2D eigenvalue weighted by Gasteiger charge is -2.10. The summed E-state index contributed by atoms with van der Waals surface area (Å²) in [4.78, 5) is 21.9. The maximum absolute atomic E-state index is 10.9. The standard InChI is InChI=1S/C10H14O5/c1-5(2)8(10(13)14)7(9(11)12)3-6-4-15-6/h5-6H,3-4H2,1-2H3,(H,11,12)(H,13,14). The van der Waals surface area contributed by atoms with E-state index in [-0.39, 0.29) is 29.6 Å². The van der Waals surface area contributed by atoms with Crippen molar-refractivity contribution in [1.82, 2.24) is 0 Å². The van der Waals surface area contributed by atoms with Gasteiger partial charge in [-0.25, -0.2) is 9.59 Å². The maximum Gasteiger partial charge on any atom is 0.332 e. The molecular formula is C10H14O5. The fourth-order valence-electron chi connectivity index (χ4n) is 1.45. The lowest BCUT2D eigenvalue weighted by atomic mass is 9.94. The average Bonchev–Trinajstić information content (AvgIpc) is 2.84. The van der Waals surface area contributed by atoms with Gasteiger partial charge in [0.2, 0.25) is 0 Å². The fraction of sp³-hybridized carbons (Fsp3) is 0.600. The molecule has 0 spiro atoms. The van der Waals surface area contributed by atoms with Crippen molar-refractivity contribution in [3.63, 3.8) is 0 Å². The Kier molecular flexibility index (Phi) is 3.47. The van der Waals surface area contributed by atoms with Crippen molar-refractivity contribution in [3.8, 4) is 0 Å². The highest BCUT2D eigenvalue weighted by molar-refractivity contribution is 5.99. The highest BCUT2D eigenvalue weighted by Gasteiger charge is 2.30. The molecule has 0 amide bonds. The monoisotopic (exact) mass is 214 g/mol. The van der Waals surface area contributed by atoms with Gasteiger partial charge in [-0.3, -0.25) is 0 Å². The second kappa shape index (κ2) is 4.44. The number of epoxide rings is 1. The van der Waals surface area contributed by atoms with Gasteiger partial charge in [-0.15, -0.1) is 0 Å². The first kappa shape index (κ1) is 11.7. The Morgan fingerprint density at radius 3 is 2.13 bits per heavy atom. The van der Waals surface area contributed by atoms with Crippen LogP contribution in [0.4, 0.5) is 0 Å². The van der Waals surface area contributed by atoms with Crippen molar-refractivity contribution in [1.29, 1.82) is 0 Å². The summed E-state index contributed by atoms with van der Waals surface area (Å²) in [6, 6.07) is 0. The molecule has 1 saturated heterocycles. The molecular weight excluding hydrogens is 200 g/mol. The van der Waals surface area contributed by atoms with Crippen LogP contribution >= 0.6 is 0 Å². The number of carboxylic acid groups (broad SMARTS) is 2. The van der Waals surface area contributed by atoms with E-state index in [1.165, 1.54) is 0 Å². The fourth-order valence-corrected chi connectivity index (χ4v) is 1.45. The Hall–Kier alpha value is -1.36. The smallest absolute Gasteiger partial charge is 0.332 e. The molecule has 0 aliphatic carbocycles. The number of rotatable bonds is 5. The van der Waals surface area contributed by atoms with Crippen molar-refractivity contribution in [3.05, 3.63) is 11.1 Å². The number of carbonyl (C=O) groups is 2. The SMILES string of the molecule is CC(C)C(C(=O)O)=C(CC1CO1)C(=O)O. The van der Waals surface area contributed by atoms with E-state index in [0.29, 0.717) is 6.61 Å². The molecule has 15 heavy (non-hydrogen) atoms. The van der Waals surface area contributed by atoms with Crippen LogP contribution in [0.3, 0.4) is 0 Å². The van der Waals surface area contributed by atoms with Gasteiger partial charge in [0.15, 0.2) is 0 Å². The van der Waals surface area contributed by atoms with Crippen LogP contribution in [0, 0.1) is 5.92 Å². The highest BCUT2D eigenvalue weighted by atomic mass is 16.6. The Morgan fingerprint density at radius 2 is 1.87 bits per heavy atom. The Labute approximate surface area is 87.4 Å². The van der Waals surface area contributed by atoms with Gasteiger partial charge in [0.05, 0.1) is 23.9 Å². The summed E-state index contributed by atoms with van der Waals surface area (Å²) in [7, 11) is 0. The molecule has 1 rings (SSSR count). The molecule has 84 valence electrons. The van der Waals surface area contributed by atoms with E-state index in [1.807, 2.05) is 0 Å². The van der Waals surface area contributed by atoms with Crippen LogP contribution in [0.2, 0.25) is 0 Å². The van der Waals surface area contributed by atoms with E-state index in [1.54, 1.807) is 13.8 Å². The van der Waals surface area contributed by atoms with Crippen LogP contribution in [-0.2, 0) is 14.3 Å². The number of carboxylic acids is 2. The molecule has 0 radical (unpaired) electrons. The van der Waals surface area contributed by atoms with Crippen molar-refractivity contribution >= 4 is 11.9 Å². The van der Waals surface area contributed by atoms with Crippen LogP contribution in [0.5, 0.6) is 0 Å². The van der Waals surface area contributed by atoms with Gasteiger partial charge in [-0.1, -0.05) is 13.8 Å². The molecule has 1 atom stereocenters. The molecule has 1 unspecified atom stereocenters. The first-order valence-electron chi connectivity index (χ1n) is 4.74. The van der Waals surface area contributed by atoms with E-state index in [9.17, 15) is 9.59 Å². The molecule has 2 N–H and O–H groups in total. The van der Waals surface area contributed by atoms with Gasteiger partial charge < -0.3 is 14.9 Å². The van der Waals surface area contributed by atoms with Crippen molar-refractivity contribution in [2.45, 2.75) is 26.4 Å². The maximum atomic E-state index is 10.9. The zero-order chi connectivity index (χ0) is 11.6.